The summed E-state index contributed by atoms with van der Waals surface area (Å²) in [6.45, 7) is 0. The quantitative estimate of drug-likeness (QED) is 0.908. The summed E-state index contributed by atoms with van der Waals surface area (Å²) in [5, 5.41) is 0. The summed E-state index contributed by atoms with van der Waals surface area (Å²) in [6.07, 6.45) is 1.58. The van der Waals surface area contributed by atoms with Gasteiger partial charge in [0.05, 0.1) is 11.8 Å². The third kappa shape index (κ3) is 1.94. The van der Waals surface area contributed by atoms with Crippen molar-refractivity contribution in [2.75, 3.05) is 0 Å². The van der Waals surface area contributed by atoms with E-state index in [0.717, 1.165) is 5.56 Å². The van der Waals surface area contributed by atoms with Crippen molar-refractivity contribution in [2.24, 2.45) is 5.73 Å². The molecule has 0 aliphatic carbocycles. The van der Waals surface area contributed by atoms with Crippen LogP contribution in [0.25, 0.3) is 11.3 Å². The molecule has 0 radical (unpaired) electrons. The van der Waals surface area contributed by atoms with Crippen LogP contribution < -0.4 is 5.73 Å². The summed E-state index contributed by atoms with van der Waals surface area (Å²) in [4.78, 5) is 11.1. The zero-order valence-electron chi connectivity index (χ0n) is 7.74. The number of rotatable bonds is 2. The number of primary amides is 1. The van der Waals surface area contributed by atoms with Crippen LogP contribution >= 0.6 is 15.9 Å². The number of carbonyl (C=O) groups is 1. The fraction of sp³-hybridized carbons (Fsp3) is 0. The van der Waals surface area contributed by atoms with Crippen LogP contribution in [0.4, 0.5) is 0 Å². The molecule has 0 saturated carbocycles. The summed E-state index contributed by atoms with van der Waals surface area (Å²) in [7, 11) is 0. The maximum atomic E-state index is 11.1. The predicted molar refractivity (Wildman–Crippen MR) is 60.4 cm³/mol. The summed E-state index contributed by atoms with van der Waals surface area (Å²) in [5.74, 6) is 0.250. The second kappa shape index (κ2) is 3.90. The molecule has 76 valence electrons. The van der Waals surface area contributed by atoms with E-state index < -0.39 is 5.91 Å². The predicted octanol–water partition coefficient (Wildman–Crippen LogP) is 2.81. The summed E-state index contributed by atoms with van der Waals surface area (Å²) in [6, 6.07) is 8.95. The smallest absolute Gasteiger partial charge is 0.249 e. The number of benzene rings is 1. The van der Waals surface area contributed by atoms with E-state index in [2.05, 4.69) is 15.9 Å². The number of amides is 1. The Balaban J connectivity index is 2.52. The molecule has 2 rings (SSSR count). The zero-order valence-corrected chi connectivity index (χ0v) is 9.32. The second-order valence-corrected chi connectivity index (χ2v) is 3.89. The van der Waals surface area contributed by atoms with Crippen LogP contribution in [0.2, 0.25) is 0 Å². The molecule has 0 aliphatic heterocycles. The van der Waals surface area contributed by atoms with E-state index in [1.807, 2.05) is 12.1 Å². The highest BCUT2D eigenvalue weighted by Crippen LogP contribution is 2.25. The van der Waals surface area contributed by atoms with Crippen LogP contribution in [0.1, 0.15) is 10.4 Å². The van der Waals surface area contributed by atoms with Crippen LogP contribution in [-0.2, 0) is 0 Å². The number of hydrogen-bond acceptors (Lipinski definition) is 2. The van der Waals surface area contributed by atoms with Crippen molar-refractivity contribution in [3.63, 3.8) is 0 Å². The Labute approximate surface area is 95.0 Å². The van der Waals surface area contributed by atoms with Crippen LogP contribution in [0.5, 0.6) is 0 Å². The minimum atomic E-state index is -0.463. The molecule has 0 saturated heterocycles. The first-order valence-electron chi connectivity index (χ1n) is 4.31. The first-order chi connectivity index (χ1) is 7.18. The van der Waals surface area contributed by atoms with Crippen molar-refractivity contribution in [2.45, 2.75) is 0 Å². The highest BCUT2D eigenvalue weighted by molar-refractivity contribution is 9.10. The van der Waals surface area contributed by atoms with Gasteiger partial charge in [0.2, 0.25) is 5.91 Å². The molecule has 3 nitrogen and oxygen atoms in total. The molecular weight excluding hydrogens is 258 g/mol. The fourth-order valence-electron chi connectivity index (χ4n) is 1.31. The highest BCUT2D eigenvalue weighted by atomic mass is 79.9. The molecule has 4 heteroatoms. The van der Waals surface area contributed by atoms with Crippen LogP contribution in [0.3, 0.4) is 0 Å². The van der Waals surface area contributed by atoms with Crippen molar-refractivity contribution in [1.82, 2.24) is 0 Å². The first kappa shape index (κ1) is 9.98. The average Bonchev–Trinajstić information content (AvgIpc) is 2.71. The molecule has 1 heterocycles. The van der Waals surface area contributed by atoms with Crippen molar-refractivity contribution in [3.05, 3.63) is 46.6 Å². The van der Waals surface area contributed by atoms with E-state index in [0.29, 0.717) is 15.8 Å². The van der Waals surface area contributed by atoms with E-state index in [1.165, 1.54) is 0 Å². The number of hydrogen-bond donors (Lipinski definition) is 1. The molecule has 0 unspecified atom stereocenters. The van der Waals surface area contributed by atoms with E-state index in [1.54, 1.807) is 24.5 Å². The third-order valence-corrected chi connectivity index (χ3v) is 2.73. The van der Waals surface area contributed by atoms with Gasteiger partial charge in [-0.15, -0.1) is 0 Å². The minimum absolute atomic E-state index is 0.448. The normalized spacial score (nSPS) is 10.2. The van der Waals surface area contributed by atoms with Crippen LogP contribution in [0, 0.1) is 0 Å². The van der Waals surface area contributed by atoms with Gasteiger partial charge in [-0.1, -0.05) is 6.07 Å². The minimum Gasteiger partial charge on any atom is -0.464 e. The Hall–Kier alpha value is -1.55. The first-order valence-corrected chi connectivity index (χ1v) is 5.11. The number of furan rings is 1. The topological polar surface area (TPSA) is 56.2 Å². The average molecular weight is 266 g/mol. The molecule has 15 heavy (non-hydrogen) atoms. The van der Waals surface area contributed by atoms with Gasteiger partial charge in [0.15, 0.2) is 0 Å². The van der Waals surface area contributed by atoms with Gasteiger partial charge in [-0.25, -0.2) is 0 Å². The fourth-order valence-corrected chi connectivity index (χ4v) is 1.75. The van der Waals surface area contributed by atoms with Gasteiger partial charge in [-0.3, -0.25) is 4.79 Å². The number of carbonyl (C=O) groups excluding carboxylic acids is 1. The Bertz CT molecular complexity index is 491. The van der Waals surface area contributed by atoms with Crippen LogP contribution in [0.15, 0.2) is 45.5 Å². The Kier molecular flexibility index (Phi) is 2.60. The van der Waals surface area contributed by atoms with Gasteiger partial charge in [-0.05, 0) is 40.2 Å². The Morgan fingerprint density at radius 1 is 1.33 bits per heavy atom. The molecule has 2 aromatic rings. The van der Waals surface area contributed by atoms with Crippen molar-refractivity contribution >= 4 is 21.8 Å². The molecule has 0 atom stereocenters. The van der Waals surface area contributed by atoms with E-state index in [-0.39, 0.29) is 0 Å². The SMILES string of the molecule is NC(=O)c1cc(-c2ccco2)ccc1Br. The molecule has 1 amide bonds. The van der Waals surface area contributed by atoms with Gasteiger partial charge in [0.1, 0.15) is 5.76 Å². The largest absolute Gasteiger partial charge is 0.464 e. The number of nitrogens with two attached hydrogens (primary N) is 1. The Morgan fingerprint density at radius 2 is 2.13 bits per heavy atom. The molecule has 1 aromatic carbocycles. The lowest BCUT2D eigenvalue weighted by Gasteiger charge is -2.02. The van der Waals surface area contributed by atoms with Crippen LogP contribution in [-0.4, -0.2) is 5.91 Å². The Morgan fingerprint density at radius 3 is 2.73 bits per heavy atom. The lowest BCUT2D eigenvalue weighted by atomic mass is 10.1. The summed E-state index contributed by atoms with van der Waals surface area (Å²) >= 11 is 3.26. The van der Waals surface area contributed by atoms with Crippen molar-refractivity contribution < 1.29 is 9.21 Å². The van der Waals surface area contributed by atoms with Gasteiger partial charge < -0.3 is 10.2 Å². The summed E-state index contributed by atoms with van der Waals surface area (Å²) < 4.78 is 5.91. The standard InChI is InChI=1S/C11H8BrNO2/c12-9-4-3-7(6-8(9)11(13)14)10-2-1-5-15-10/h1-6H,(H2,13,14). The van der Waals surface area contributed by atoms with E-state index in [4.69, 9.17) is 10.2 Å². The van der Waals surface area contributed by atoms with E-state index in [9.17, 15) is 4.79 Å². The maximum Gasteiger partial charge on any atom is 0.249 e. The van der Waals surface area contributed by atoms with Crippen molar-refractivity contribution in [1.29, 1.82) is 0 Å². The van der Waals surface area contributed by atoms with Gasteiger partial charge >= 0.3 is 0 Å². The van der Waals surface area contributed by atoms with Crippen molar-refractivity contribution in [3.8, 4) is 11.3 Å². The highest BCUT2D eigenvalue weighted by Gasteiger charge is 2.09. The van der Waals surface area contributed by atoms with Gasteiger partial charge in [0, 0.05) is 10.0 Å². The lowest BCUT2D eigenvalue weighted by molar-refractivity contribution is 0.0999. The molecular formula is C11H8BrNO2. The monoisotopic (exact) mass is 265 g/mol. The molecule has 2 N–H and O–H groups in total. The maximum absolute atomic E-state index is 11.1. The van der Waals surface area contributed by atoms with Gasteiger partial charge in [-0.2, -0.15) is 0 Å². The molecule has 0 aliphatic rings. The molecule has 0 bridgehead atoms. The molecule has 1 aromatic heterocycles. The number of halogens is 1. The van der Waals surface area contributed by atoms with E-state index >= 15 is 0 Å². The lowest BCUT2D eigenvalue weighted by Crippen LogP contribution is -2.11. The zero-order chi connectivity index (χ0) is 10.8. The van der Waals surface area contributed by atoms with Gasteiger partial charge in [0.25, 0.3) is 0 Å². The third-order valence-electron chi connectivity index (χ3n) is 2.04. The molecule has 0 spiro atoms. The molecule has 0 fully saturated rings. The summed E-state index contributed by atoms with van der Waals surface area (Å²) in [5.41, 5.74) is 6.52. The second-order valence-electron chi connectivity index (χ2n) is 3.04.